The molecule has 0 aliphatic carbocycles. The first-order valence-corrected chi connectivity index (χ1v) is 6.36. The minimum atomic E-state index is -2.89. The first-order valence-electron chi connectivity index (χ1n) is 6.36. The smallest absolute Gasteiger partial charge is 0.387 e. The Bertz CT molecular complexity index is 675. The fourth-order valence-corrected chi connectivity index (χ4v) is 1.66. The molecule has 1 N–H and O–H groups in total. The number of halogens is 2. The van der Waals surface area contributed by atoms with Crippen molar-refractivity contribution >= 4 is 11.6 Å². The lowest BCUT2D eigenvalue weighted by Gasteiger charge is -2.07. The summed E-state index contributed by atoms with van der Waals surface area (Å²) >= 11 is 0. The van der Waals surface area contributed by atoms with Gasteiger partial charge in [0.2, 0.25) is 0 Å². The monoisotopic (exact) mass is 305 g/mol. The van der Waals surface area contributed by atoms with Gasteiger partial charge in [0.15, 0.2) is 0 Å². The van der Waals surface area contributed by atoms with Gasteiger partial charge in [-0.2, -0.15) is 13.9 Å². The highest BCUT2D eigenvalue weighted by Gasteiger charge is 2.07. The highest BCUT2D eigenvalue weighted by molar-refractivity contribution is 6.01. The molecule has 0 atom stereocenters. The van der Waals surface area contributed by atoms with Gasteiger partial charge in [0.05, 0.1) is 11.3 Å². The van der Waals surface area contributed by atoms with E-state index in [2.05, 4.69) is 20.2 Å². The summed E-state index contributed by atoms with van der Waals surface area (Å²) in [5.74, 6) is -0.381. The van der Waals surface area contributed by atoms with E-state index in [0.29, 0.717) is 16.8 Å². The summed E-state index contributed by atoms with van der Waals surface area (Å²) in [6.45, 7) is -1.25. The molecule has 2 aromatic rings. The SMILES string of the molecule is CC(=NNC(=O)c1cccnc1)c1cccc(OC(F)F)c1. The fourth-order valence-electron chi connectivity index (χ4n) is 1.66. The molecule has 2 rings (SSSR count). The van der Waals surface area contributed by atoms with Crippen molar-refractivity contribution in [1.29, 1.82) is 0 Å². The average molecular weight is 305 g/mol. The lowest BCUT2D eigenvalue weighted by atomic mass is 10.1. The summed E-state index contributed by atoms with van der Waals surface area (Å²) in [5.41, 5.74) is 3.76. The van der Waals surface area contributed by atoms with Gasteiger partial charge >= 0.3 is 6.61 Å². The maximum atomic E-state index is 12.2. The highest BCUT2D eigenvalue weighted by atomic mass is 19.3. The number of amides is 1. The van der Waals surface area contributed by atoms with Crippen LogP contribution in [-0.2, 0) is 0 Å². The summed E-state index contributed by atoms with van der Waals surface area (Å²) in [7, 11) is 0. The van der Waals surface area contributed by atoms with E-state index in [-0.39, 0.29) is 5.75 Å². The molecule has 114 valence electrons. The van der Waals surface area contributed by atoms with Gasteiger partial charge in [-0.05, 0) is 31.2 Å². The molecular weight excluding hydrogens is 292 g/mol. The maximum Gasteiger partial charge on any atom is 0.387 e. The number of ether oxygens (including phenoxy) is 1. The number of hydrogen-bond donors (Lipinski definition) is 1. The third-order valence-electron chi connectivity index (χ3n) is 2.73. The van der Waals surface area contributed by atoms with Gasteiger partial charge in [0, 0.05) is 18.0 Å². The Kier molecular flexibility index (Phi) is 5.13. The molecule has 1 heterocycles. The van der Waals surface area contributed by atoms with E-state index >= 15 is 0 Å². The number of aromatic nitrogens is 1. The number of hydrogen-bond acceptors (Lipinski definition) is 4. The molecular formula is C15H13F2N3O2. The van der Waals surface area contributed by atoms with Crippen LogP contribution in [0.15, 0.2) is 53.9 Å². The van der Waals surface area contributed by atoms with E-state index in [1.165, 1.54) is 18.3 Å². The van der Waals surface area contributed by atoms with Gasteiger partial charge in [0.25, 0.3) is 5.91 Å². The van der Waals surface area contributed by atoms with Gasteiger partial charge in [0.1, 0.15) is 5.75 Å². The average Bonchev–Trinajstić information content (AvgIpc) is 2.52. The van der Waals surface area contributed by atoms with Crippen LogP contribution in [0.4, 0.5) is 8.78 Å². The lowest BCUT2D eigenvalue weighted by molar-refractivity contribution is -0.0498. The Balaban J connectivity index is 2.07. The zero-order valence-corrected chi connectivity index (χ0v) is 11.7. The molecule has 0 fully saturated rings. The summed E-state index contributed by atoms with van der Waals surface area (Å²) in [6, 6.07) is 9.31. The zero-order chi connectivity index (χ0) is 15.9. The Morgan fingerprint density at radius 3 is 2.73 bits per heavy atom. The third kappa shape index (κ3) is 4.34. The number of hydrazone groups is 1. The largest absolute Gasteiger partial charge is 0.435 e. The first kappa shape index (κ1) is 15.6. The Labute approximate surface area is 125 Å². The molecule has 5 nitrogen and oxygen atoms in total. The number of nitrogens with zero attached hydrogens (tertiary/aromatic N) is 2. The second kappa shape index (κ2) is 7.26. The van der Waals surface area contributed by atoms with Crippen molar-refractivity contribution < 1.29 is 18.3 Å². The molecule has 1 aromatic carbocycles. The molecule has 0 aliphatic rings. The predicted molar refractivity (Wildman–Crippen MR) is 77.0 cm³/mol. The topological polar surface area (TPSA) is 63.6 Å². The van der Waals surface area contributed by atoms with Crippen LogP contribution in [0.3, 0.4) is 0 Å². The van der Waals surface area contributed by atoms with Crippen molar-refractivity contribution in [3.05, 3.63) is 59.9 Å². The van der Waals surface area contributed by atoms with Crippen LogP contribution < -0.4 is 10.2 Å². The Morgan fingerprint density at radius 1 is 1.27 bits per heavy atom. The third-order valence-corrected chi connectivity index (χ3v) is 2.73. The summed E-state index contributed by atoms with van der Waals surface area (Å²) < 4.78 is 28.7. The van der Waals surface area contributed by atoms with Gasteiger partial charge in [-0.15, -0.1) is 0 Å². The fraction of sp³-hybridized carbons (Fsp3) is 0.133. The molecule has 0 unspecified atom stereocenters. The first-order chi connectivity index (χ1) is 10.6. The minimum Gasteiger partial charge on any atom is -0.435 e. The standard InChI is InChI=1S/C15H13F2N3O2/c1-10(11-4-2-6-13(8-11)22-15(16)17)19-20-14(21)12-5-3-7-18-9-12/h2-9,15H,1H3,(H,20,21). The molecule has 7 heteroatoms. The van der Waals surface area contributed by atoms with Gasteiger partial charge in [-0.3, -0.25) is 9.78 Å². The normalized spacial score (nSPS) is 11.4. The second-order valence-electron chi connectivity index (χ2n) is 4.29. The molecule has 22 heavy (non-hydrogen) atoms. The number of rotatable bonds is 5. The predicted octanol–water partition coefficient (Wildman–Crippen LogP) is 2.84. The Morgan fingerprint density at radius 2 is 2.05 bits per heavy atom. The van der Waals surface area contributed by atoms with Gasteiger partial charge < -0.3 is 4.74 Å². The van der Waals surface area contributed by atoms with Crippen molar-refractivity contribution in [2.24, 2.45) is 5.10 Å². The van der Waals surface area contributed by atoms with Crippen LogP contribution in [0.5, 0.6) is 5.75 Å². The van der Waals surface area contributed by atoms with Gasteiger partial charge in [-0.25, -0.2) is 5.43 Å². The van der Waals surface area contributed by atoms with Crippen molar-refractivity contribution in [1.82, 2.24) is 10.4 Å². The summed E-state index contributed by atoms with van der Waals surface area (Å²) in [6.07, 6.45) is 2.97. The lowest BCUT2D eigenvalue weighted by Crippen LogP contribution is -2.19. The molecule has 0 bridgehead atoms. The second-order valence-corrected chi connectivity index (χ2v) is 4.29. The number of pyridine rings is 1. The van der Waals surface area contributed by atoms with E-state index in [4.69, 9.17) is 0 Å². The van der Waals surface area contributed by atoms with Crippen LogP contribution in [0, 0.1) is 0 Å². The van der Waals surface area contributed by atoms with Crippen LogP contribution in [-0.4, -0.2) is 23.2 Å². The van der Waals surface area contributed by atoms with Gasteiger partial charge in [-0.1, -0.05) is 12.1 Å². The number of alkyl halides is 2. The zero-order valence-electron chi connectivity index (χ0n) is 11.7. The van der Waals surface area contributed by atoms with Crippen molar-refractivity contribution in [3.63, 3.8) is 0 Å². The van der Waals surface area contributed by atoms with Crippen LogP contribution in [0.2, 0.25) is 0 Å². The quantitative estimate of drug-likeness (QED) is 0.682. The number of carbonyl (C=O) groups excluding carboxylic acids is 1. The van der Waals surface area contributed by atoms with E-state index in [9.17, 15) is 13.6 Å². The van der Waals surface area contributed by atoms with E-state index in [0.717, 1.165) is 0 Å². The molecule has 0 saturated carbocycles. The van der Waals surface area contributed by atoms with E-state index in [1.807, 2.05) is 0 Å². The number of carbonyl (C=O) groups is 1. The van der Waals surface area contributed by atoms with E-state index in [1.54, 1.807) is 37.4 Å². The van der Waals surface area contributed by atoms with Crippen molar-refractivity contribution in [3.8, 4) is 5.75 Å². The molecule has 1 amide bonds. The van der Waals surface area contributed by atoms with Crippen LogP contribution >= 0.6 is 0 Å². The minimum absolute atomic E-state index is 0.0284. The number of benzene rings is 1. The van der Waals surface area contributed by atoms with E-state index < -0.39 is 12.5 Å². The van der Waals surface area contributed by atoms with Crippen LogP contribution in [0.25, 0.3) is 0 Å². The highest BCUT2D eigenvalue weighted by Crippen LogP contribution is 2.16. The molecule has 0 radical (unpaired) electrons. The summed E-state index contributed by atoms with van der Waals surface area (Å²) in [5, 5.41) is 3.94. The molecule has 0 aliphatic heterocycles. The maximum absolute atomic E-state index is 12.2. The number of nitrogens with one attached hydrogen (secondary N) is 1. The Hall–Kier alpha value is -2.83. The molecule has 0 spiro atoms. The summed E-state index contributed by atoms with van der Waals surface area (Å²) in [4.78, 5) is 15.6. The van der Waals surface area contributed by atoms with Crippen molar-refractivity contribution in [2.75, 3.05) is 0 Å². The molecule has 1 aromatic heterocycles. The van der Waals surface area contributed by atoms with Crippen LogP contribution in [0.1, 0.15) is 22.8 Å². The van der Waals surface area contributed by atoms with Crippen molar-refractivity contribution in [2.45, 2.75) is 13.5 Å². The molecule has 0 saturated heterocycles.